The summed E-state index contributed by atoms with van der Waals surface area (Å²) in [7, 11) is 0. The van der Waals surface area contributed by atoms with Crippen molar-refractivity contribution >= 4 is 28.9 Å². The van der Waals surface area contributed by atoms with Crippen LogP contribution in [0.3, 0.4) is 0 Å². The molecular formula is C16H18ClNO2S. The van der Waals surface area contributed by atoms with Gasteiger partial charge in [0.05, 0.1) is 0 Å². The Balaban J connectivity index is 0.000000361. The molecule has 21 heavy (non-hydrogen) atoms. The number of rotatable bonds is 2. The highest BCUT2D eigenvalue weighted by atomic mass is 35.5. The van der Waals surface area contributed by atoms with Crippen LogP contribution in [0.5, 0.6) is 0 Å². The van der Waals surface area contributed by atoms with Crippen LogP contribution in [-0.4, -0.2) is 22.5 Å². The summed E-state index contributed by atoms with van der Waals surface area (Å²) in [5, 5.41) is 10.5. The number of hydrogen-bond donors (Lipinski definition) is 1. The zero-order chi connectivity index (χ0) is 15.2. The minimum Gasteiger partial charge on any atom is -0.481 e. The van der Waals surface area contributed by atoms with E-state index in [2.05, 4.69) is 28.5 Å². The minimum absolute atomic E-state index is 0.833. The number of thiophene rings is 1. The molecule has 0 spiro atoms. The fraction of sp³-hybridized carbons (Fsp3) is 0.312. The molecule has 2 heterocycles. The Hall–Kier alpha value is -1.36. The average molecular weight is 324 g/mol. The first-order chi connectivity index (χ1) is 10.1. The molecule has 1 aromatic heterocycles. The number of hydrogen-bond acceptors (Lipinski definition) is 3. The van der Waals surface area contributed by atoms with Gasteiger partial charge in [0.2, 0.25) is 0 Å². The van der Waals surface area contributed by atoms with E-state index in [1.54, 1.807) is 4.88 Å². The van der Waals surface area contributed by atoms with Crippen molar-refractivity contribution in [3.8, 4) is 0 Å². The molecule has 1 aliphatic heterocycles. The van der Waals surface area contributed by atoms with Gasteiger partial charge in [0.1, 0.15) is 0 Å². The van der Waals surface area contributed by atoms with Gasteiger partial charge in [0.25, 0.3) is 5.97 Å². The molecule has 0 radical (unpaired) electrons. The fourth-order valence-electron chi connectivity index (χ4n) is 2.31. The number of carbonyl (C=O) groups is 1. The van der Waals surface area contributed by atoms with Crippen molar-refractivity contribution in [2.45, 2.75) is 26.4 Å². The number of benzene rings is 1. The second-order valence-corrected chi connectivity index (χ2v) is 6.35. The smallest absolute Gasteiger partial charge is 0.300 e. The standard InChI is InChI=1S/C14H14ClNS.C2H4O2/c15-13-4-2-1-3-11(13)9-16-7-5-14-12(10-16)6-8-17-14;1-2(3)4/h1-4,6,8H,5,7,9-10H2;1H3,(H,3,4). The number of fused-ring (bicyclic) bond motifs is 1. The van der Waals surface area contributed by atoms with E-state index in [1.165, 1.54) is 17.5 Å². The highest BCUT2D eigenvalue weighted by Gasteiger charge is 2.17. The van der Waals surface area contributed by atoms with Crippen LogP contribution in [0.4, 0.5) is 0 Å². The van der Waals surface area contributed by atoms with Crippen molar-refractivity contribution in [3.05, 3.63) is 56.7 Å². The summed E-state index contributed by atoms with van der Waals surface area (Å²) in [4.78, 5) is 13.0. The number of halogens is 1. The van der Waals surface area contributed by atoms with Gasteiger partial charge in [-0.3, -0.25) is 9.69 Å². The van der Waals surface area contributed by atoms with Gasteiger partial charge < -0.3 is 5.11 Å². The number of nitrogens with zero attached hydrogens (tertiary/aromatic N) is 1. The van der Waals surface area contributed by atoms with Crippen LogP contribution < -0.4 is 0 Å². The average Bonchev–Trinajstić information content (AvgIpc) is 2.88. The lowest BCUT2D eigenvalue weighted by atomic mass is 10.1. The molecule has 1 aliphatic rings. The zero-order valence-corrected chi connectivity index (χ0v) is 13.5. The van der Waals surface area contributed by atoms with E-state index >= 15 is 0 Å². The van der Waals surface area contributed by atoms with Crippen LogP contribution >= 0.6 is 22.9 Å². The van der Waals surface area contributed by atoms with Gasteiger partial charge in [-0.1, -0.05) is 29.8 Å². The summed E-state index contributed by atoms with van der Waals surface area (Å²) >= 11 is 8.08. The first kappa shape index (κ1) is 16.0. The van der Waals surface area contributed by atoms with Gasteiger partial charge >= 0.3 is 0 Å². The molecule has 5 heteroatoms. The molecule has 0 saturated heterocycles. The van der Waals surface area contributed by atoms with Crippen molar-refractivity contribution < 1.29 is 9.90 Å². The first-order valence-electron chi connectivity index (χ1n) is 6.77. The molecule has 3 nitrogen and oxygen atoms in total. The van der Waals surface area contributed by atoms with E-state index in [9.17, 15) is 0 Å². The molecule has 0 saturated carbocycles. The SMILES string of the molecule is CC(=O)O.Clc1ccccc1CN1CCc2sccc2C1. The van der Waals surface area contributed by atoms with Crippen LogP contribution in [0.15, 0.2) is 35.7 Å². The predicted molar refractivity (Wildman–Crippen MR) is 86.9 cm³/mol. The third-order valence-corrected chi connectivity index (χ3v) is 4.63. The van der Waals surface area contributed by atoms with Crippen LogP contribution in [0.2, 0.25) is 5.02 Å². The molecule has 112 valence electrons. The Bertz CT molecular complexity index is 608. The van der Waals surface area contributed by atoms with Crippen molar-refractivity contribution in [2.24, 2.45) is 0 Å². The van der Waals surface area contributed by atoms with Gasteiger partial charge in [0.15, 0.2) is 0 Å². The first-order valence-corrected chi connectivity index (χ1v) is 8.02. The summed E-state index contributed by atoms with van der Waals surface area (Å²) in [6.07, 6.45) is 1.18. The van der Waals surface area contributed by atoms with Crippen molar-refractivity contribution in [2.75, 3.05) is 6.54 Å². The maximum absolute atomic E-state index is 9.00. The number of carboxylic acid groups (broad SMARTS) is 1. The van der Waals surface area contributed by atoms with E-state index in [0.29, 0.717) is 0 Å². The highest BCUT2D eigenvalue weighted by Crippen LogP contribution is 2.26. The van der Waals surface area contributed by atoms with Gasteiger partial charge in [0, 0.05) is 36.5 Å². The lowest BCUT2D eigenvalue weighted by Crippen LogP contribution is -2.29. The summed E-state index contributed by atoms with van der Waals surface area (Å²) in [5.41, 5.74) is 2.72. The summed E-state index contributed by atoms with van der Waals surface area (Å²) in [6.45, 7) is 4.23. The molecule has 1 aromatic carbocycles. The Morgan fingerprint density at radius 2 is 2.10 bits per heavy atom. The zero-order valence-electron chi connectivity index (χ0n) is 11.9. The third-order valence-electron chi connectivity index (χ3n) is 3.24. The topological polar surface area (TPSA) is 40.5 Å². The van der Waals surface area contributed by atoms with E-state index in [0.717, 1.165) is 31.6 Å². The van der Waals surface area contributed by atoms with Gasteiger partial charge in [-0.15, -0.1) is 11.3 Å². The number of carboxylic acids is 1. The lowest BCUT2D eigenvalue weighted by Gasteiger charge is -2.27. The van der Waals surface area contributed by atoms with Gasteiger partial charge in [-0.25, -0.2) is 0 Å². The molecule has 0 amide bonds. The molecule has 0 aliphatic carbocycles. The molecule has 0 bridgehead atoms. The minimum atomic E-state index is -0.833. The second kappa shape index (κ2) is 7.59. The third kappa shape index (κ3) is 4.84. The Labute approximate surface area is 133 Å². The van der Waals surface area contributed by atoms with Crippen LogP contribution in [0.25, 0.3) is 0 Å². The molecule has 0 fully saturated rings. The van der Waals surface area contributed by atoms with Gasteiger partial charge in [-0.05, 0) is 35.1 Å². The second-order valence-electron chi connectivity index (χ2n) is 4.94. The molecule has 0 atom stereocenters. The summed E-state index contributed by atoms with van der Waals surface area (Å²) in [6, 6.07) is 10.4. The van der Waals surface area contributed by atoms with E-state index in [4.69, 9.17) is 21.5 Å². The van der Waals surface area contributed by atoms with Crippen molar-refractivity contribution in [1.82, 2.24) is 4.90 Å². The maximum atomic E-state index is 9.00. The van der Waals surface area contributed by atoms with Crippen molar-refractivity contribution in [3.63, 3.8) is 0 Å². The molecule has 2 aromatic rings. The summed E-state index contributed by atoms with van der Waals surface area (Å²) in [5.74, 6) is -0.833. The Morgan fingerprint density at radius 3 is 2.81 bits per heavy atom. The van der Waals surface area contributed by atoms with Crippen molar-refractivity contribution in [1.29, 1.82) is 0 Å². The predicted octanol–water partition coefficient (Wildman–Crippen LogP) is 4.05. The van der Waals surface area contributed by atoms with E-state index in [-0.39, 0.29) is 0 Å². The Kier molecular flexibility index (Phi) is 5.79. The maximum Gasteiger partial charge on any atom is 0.300 e. The lowest BCUT2D eigenvalue weighted by molar-refractivity contribution is -0.134. The molecule has 0 unspecified atom stereocenters. The van der Waals surface area contributed by atoms with Crippen LogP contribution in [0, 0.1) is 0 Å². The molecule has 3 rings (SSSR count). The monoisotopic (exact) mass is 323 g/mol. The number of aliphatic carboxylic acids is 1. The van der Waals surface area contributed by atoms with E-state index < -0.39 is 5.97 Å². The normalized spacial score (nSPS) is 14.0. The summed E-state index contributed by atoms with van der Waals surface area (Å²) < 4.78 is 0. The molecular weight excluding hydrogens is 306 g/mol. The largest absolute Gasteiger partial charge is 0.481 e. The highest BCUT2D eigenvalue weighted by molar-refractivity contribution is 7.10. The van der Waals surface area contributed by atoms with Gasteiger partial charge in [-0.2, -0.15) is 0 Å². The Morgan fingerprint density at radius 1 is 1.38 bits per heavy atom. The molecule has 1 N–H and O–H groups in total. The fourth-order valence-corrected chi connectivity index (χ4v) is 3.39. The van der Waals surface area contributed by atoms with Crippen LogP contribution in [0.1, 0.15) is 22.9 Å². The quantitative estimate of drug-likeness (QED) is 0.906. The van der Waals surface area contributed by atoms with E-state index in [1.807, 2.05) is 23.5 Å². The van der Waals surface area contributed by atoms with Crippen LogP contribution in [-0.2, 0) is 24.3 Å².